The fraction of sp³-hybridized carbons (Fsp3) is 0.929. The molecule has 1 atom stereocenters. The molecule has 0 saturated heterocycles. The molecule has 0 bridgehead atoms. The third-order valence-electron chi connectivity index (χ3n) is 3.92. The van der Waals surface area contributed by atoms with Gasteiger partial charge in [-0.05, 0) is 22.7 Å². The van der Waals surface area contributed by atoms with Gasteiger partial charge in [-0.1, -0.05) is 55.4 Å². The number of carbonyl (C=O) groups is 1. The minimum absolute atomic E-state index is 0.0126. The van der Waals surface area contributed by atoms with E-state index in [9.17, 15) is 9.90 Å². The van der Waals surface area contributed by atoms with Crippen molar-refractivity contribution in [2.24, 2.45) is 22.2 Å². The van der Waals surface area contributed by atoms with Crippen LogP contribution in [-0.4, -0.2) is 11.1 Å². The lowest BCUT2D eigenvalue weighted by Gasteiger charge is -2.45. The smallest absolute Gasteiger partial charge is 0.307 e. The molecule has 0 heterocycles. The first-order chi connectivity index (χ1) is 6.79. The number of rotatable bonds is 3. The summed E-state index contributed by atoms with van der Waals surface area (Å²) in [4.78, 5) is 11.5. The summed E-state index contributed by atoms with van der Waals surface area (Å²) in [5.74, 6) is -0.970. The average molecular weight is 228 g/mol. The summed E-state index contributed by atoms with van der Waals surface area (Å²) in [5, 5.41) is 9.44. The van der Waals surface area contributed by atoms with Crippen molar-refractivity contribution in [3.63, 3.8) is 0 Å². The second-order valence-electron chi connectivity index (χ2n) is 7.63. The zero-order valence-corrected chi connectivity index (χ0v) is 12.1. The first kappa shape index (κ1) is 15.5. The molecule has 0 fully saturated rings. The molecular formula is C14H28O2. The number of carboxylic acids is 1. The van der Waals surface area contributed by atoms with E-state index in [0.717, 1.165) is 0 Å². The van der Waals surface area contributed by atoms with Gasteiger partial charge in [0, 0.05) is 0 Å². The van der Waals surface area contributed by atoms with Gasteiger partial charge >= 0.3 is 5.97 Å². The van der Waals surface area contributed by atoms with Crippen LogP contribution in [0.2, 0.25) is 0 Å². The highest BCUT2D eigenvalue weighted by Crippen LogP contribution is 2.47. The molecular weight excluding hydrogens is 200 g/mol. The van der Waals surface area contributed by atoms with E-state index in [1.54, 1.807) is 0 Å². The Balaban J connectivity index is 5.16. The zero-order chi connectivity index (χ0) is 13.4. The largest absolute Gasteiger partial charge is 0.481 e. The lowest BCUT2D eigenvalue weighted by molar-refractivity contribution is -0.151. The van der Waals surface area contributed by atoms with Gasteiger partial charge in [-0.2, -0.15) is 0 Å². The predicted molar refractivity (Wildman–Crippen MR) is 68.4 cm³/mol. The highest BCUT2D eigenvalue weighted by atomic mass is 16.4. The Kier molecular flexibility index (Phi) is 4.24. The van der Waals surface area contributed by atoms with Crippen LogP contribution in [0.15, 0.2) is 0 Å². The van der Waals surface area contributed by atoms with E-state index in [-0.39, 0.29) is 22.2 Å². The molecule has 96 valence electrons. The van der Waals surface area contributed by atoms with Crippen LogP contribution in [0.3, 0.4) is 0 Å². The first-order valence-electron chi connectivity index (χ1n) is 6.02. The summed E-state index contributed by atoms with van der Waals surface area (Å²) in [6.07, 6.45) is 0.715. The van der Waals surface area contributed by atoms with Crippen molar-refractivity contribution in [1.82, 2.24) is 0 Å². The van der Waals surface area contributed by atoms with Crippen molar-refractivity contribution in [2.75, 3.05) is 0 Å². The van der Waals surface area contributed by atoms with Gasteiger partial charge in [-0.25, -0.2) is 0 Å². The third kappa shape index (κ3) is 3.80. The van der Waals surface area contributed by atoms with E-state index in [2.05, 4.69) is 55.4 Å². The van der Waals surface area contributed by atoms with Crippen molar-refractivity contribution in [1.29, 1.82) is 0 Å². The second kappa shape index (κ2) is 4.38. The Labute approximate surface area is 100 Å². The number of carboxylic acid groups (broad SMARTS) is 1. The van der Waals surface area contributed by atoms with Crippen LogP contribution in [0.5, 0.6) is 0 Å². The molecule has 0 spiro atoms. The Morgan fingerprint density at radius 1 is 1.00 bits per heavy atom. The lowest BCUT2D eigenvalue weighted by Crippen LogP contribution is -2.42. The van der Waals surface area contributed by atoms with E-state index < -0.39 is 5.97 Å². The molecule has 0 aromatic heterocycles. The highest BCUT2D eigenvalue weighted by molar-refractivity contribution is 5.71. The number of aliphatic carboxylic acids is 1. The Bertz CT molecular complexity index is 251. The lowest BCUT2D eigenvalue weighted by atomic mass is 9.59. The normalized spacial score (nSPS) is 16.0. The topological polar surface area (TPSA) is 37.3 Å². The maximum atomic E-state index is 11.5. The molecule has 2 heteroatoms. The van der Waals surface area contributed by atoms with Crippen LogP contribution in [0.1, 0.15) is 61.8 Å². The molecule has 0 saturated carbocycles. The molecule has 0 aliphatic heterocycles. The Morgan fingerprint density at radius 3 is 1.56 bits per heavy atom. The van der Waals surface area contributed by atoms with Gasteiger partial charge in [0.2, 0.25) is 0 Å². The molecule has 1 unspecified atom stereocenters. The van der Waals surface area contributed by atoms with Crippen LogP contribution in [0.25, 0.3) is 0 Å². The quantitative estimate of drug-likeness (QED) is 0.786. The standard InChI is InChI=1S/C14H28O2/c1-12(2,3)9-10(11(15)16)14(7,8)13(4,5)6/h10H,9H2,1-8H3,(H,15,16). The first-order valence-corrected chi connectivity index (χ1v) is 6.02. The van der Waals surface area contributed by atoms with Crippen molar-refractivity contribution >= 4 is 5.97 Å². The molecule has 0 aliphatic rings. The molecule has 0 aliphatic carbocycles. The van der Waals surface area contributed by atoms with Crippen molar-refractivity contribution in [3.8, 4) is 0 Å². The summed E-state index contributed by atoms with van der Waals surface area (Å²) in [7, 11) is 0. The van der Waals surface area contributed by atoms with Gasteiger partial charge in [0.05, 0.1) is 5.92 Å². The van der Waals surface area contributed by atoms with Crippen molar-refractivity contribution < 1.29 is 9.90 Å². The van der Waals surface area contributed by atoms with Crippen LogP contribution >= 0.6 is 0 Å². The summed E-state index contributed by atoms with van der Waals surface area (Å²) in [5.41, 5.74) is -0.182. The van der Waals surface area contributed by atoms with Gasteiger partial charge in [0.1, 0.15) is 0 Å². The Hall–Kier alpha value is -0.530. The molecule has 0 radical (unpaired) electrons. The molecule has 0 aromatic carbocycles. The minimum Gasteiger partial charge on any atom is -0.481 e. The summed E-state index contributed by atoms with van der Waals surface area (Å²) >= 11 is 0. The molecule has 0 aromatic rings. The van der Waals surface area contributed by atoms with Gasteiger partial charge in [-0.3, -0.25) is 4.79 Å². The second-order valence-corrected chi connectivity index (χ2v) is 7.63. The van der Waals surface area contributed by atoms with Gasteiger partial charge in [-0.15, -0.1) is 0 Å². The van der Waals surface area contributed by atoms with Crippen LogP contribution in [-0.2, 0) is 4.79 Å². The maximum absolute atomic E-state index is 11.5. The molecule has 0 rings (SSSR count). The van der Waals surface area contributed by atoms with Gasteiger partial charge in [0.25, 0.3) is 0 Å². The fourth-order valence-electron chi connectivity index (χ4n) is 1.79. The summed E-state index contributed by atoms with van der Waals surface area (Å²) < 4.78 is 0. The predicted octanol–water partition coefficient (Wildman–Crippen LogP) is 4.20. The van der Waals surface area contributed by atoms with Crippen molar-refractivity contribution in [3.05, 3.63) is 0 Å². The molecule has 16 heavy (non-hydrogen) atoms. The van der Waals surface area contributed by atoms with E-state index >= 15 is 0 Å². The average Bonchev–Trinajstić information content (AvgIpc) is 1.95. The summed E-state index contributed by atoms with van der Waals surface area (Å²) in [6, 6.07) is 0. The highest BCUT2D eigenvalue weighted by Gasteiger charge is 2.45. The van der Waals surface area contributed by atoms with E-state index in [1.807, 2.05) is 0 Å². The molecule has 2 nitrogen and oxygen atoms in total. The minimum atomic E-state index is -0.671. The van der Waals surface area contributed by atoms with Crippen LogP contribution in [0.4, 0.5) is 0 Å². The Morgan fingerprint density at radius 2 is 1.38 bits per heavy atom. The van der Waals surface area contributed by atoms with Crippen LogP contribution < -0.4 is 0 Å². The number of hydrogen-bond acceptors (Lipinski definition) is 1. The third-order valence-corrected chi connectivity index (χ3v) is 3.92. The number of hydrogen-bond donors (Lipinski definition) is 1. The maximum Gasteiger partial charge on any atom is 0.307 e. The molecule has 0 amide bonds. The van der Waals surface area contributed by atoms with Crippen molar-refractivity contribution in [2.45, 2.75) is 61.8 Å². The summed E-state index contributed by atoms with van der Waals surface area (Å²) in [6.45, 7) is 16.8. The van der Waals surface area contributed by atoms with E-state index in [1.165, 1.54) is 0 Å². The fourth-order valence-corrected chi connectivity index (χ4v) is 1.79. The monoisotopic (exact) mass is 228 g/mol. The van der Waals surface area contributed by atoms with Gasteiger partial charge < -0.3 is 5.11 Å². The van der Waals surface area contributed by atoms with Crippen LogP contribution in [0, 0.1) is 22.2 Å². The van der Waals surface area contributed by atoms with E-state index in [4.69, 9.17) is 0 Å². The van der Waals surface area contributed by atoms with E-state index in [0.29, 0.717) is 6.42 Å². The SMILES string of the molecule is CC(C)(C)CC(C(=O)O)C(C)(C)C(C)(C)C. The van der Waals surface area contributed by atoms with Gasteiger partial charge in [0.15, 0.2) is 0 Å². The molecule has 1 N–H and O–H groups in total. The zero-order valence-electron chi connectivity index (χ0n) is 12.1.